The lowest BCUT2D eigenvalue weighted by molar-refractivity contribution is -0.124. The predicted octanol–water partition coefficient (Wildman–Crippen LogP) is 2.28. The van der Waals surface area contributed by atoms with Gasteiger partial charge in [0, 0.05) is 31.1 Å². The number of nitrogens with zero attached hydrogens (tertiary/aromatic N) is 2. The van der Waals surface area contributed by atoms with Crippen LogP contribution in [0.15, 0.2) is 40.9 Å². The van der Waals surface area contributed by atoms with Crippen molar-refractivity contribution < 1.29 is 13.9 Å². The summed E-state index contributed by atoms with van der Waals surface area (Å²) in [6.45, 7) is 0.589. The van der Waals surface area contributed by atoms with Crippen LogP contribution in [0.4, 0.5) is 0 Å². The molecule has 7 heteroatoms. The van der Waals surface area contributed by atoms with Crippen molar-refractivity contribution in [2.45, 2.75) is 31.5 Å². The van der Waals surface area contributed by atoms with Crippen LogP contribution in [0, 0.1) is 0 Å². The van der Waals surface area contributed by atoms with Crippen molar-refractivity contribution in [2.75, 3.05) is 7.11 Å². The Kier molecular flexibility index (Phi) is 4.38. The first-order chi connectivity index (χ1) is 12.6. The fraction of sp³-hybridized carbons (Fsp3) is 0.368. The summed E-state index contributed by atoms with van der Waals surface area (Å²) in [5.74, 6) is 1.74. The first-order valence-corrected chi connectivity index (χ1v) is 8.71. The SMILES string of the molecule is COc1ccc2oc(CN[C@@H]3CCC(=O)N[C@H]3c3ccnn3C)cc2c1. The summed E-state index contributed by atoms with van der Waals surface area (Å²) >= 11 is 0. The Bertz CT molecular complexity index is 930. The van der Waals surface area contributed by atoms with Crippen LogP contribution in [-0.2, 0) is 18.4 Å². The molecule has 2 atom stereocenters. The van der Waals surface area contributed by atoms with Crippen molar-refractivity contribution >= 4 is 16.9 Å². The maximum Gasteiger partial charge on any atom is 0.220 e. The average molecular weight is 354 g/mol. The fourth-order valence-electron chi connectivity index (χ4n) is 3.51. The number of fused-ring (bicyclic) bond motifs is 1. The molecule has 0 aliphatic carbocycles. The molecule has 1 amide bonds. The molecule has 2 N–H and O–H groups in total. The quantitative estimate of drug-likeness (QED) is 0.735. The lowest BCUT2D eigenvalue weighted by Crippen LogP contribution is -2.48. The maximum atomic E-state index is 11.9. The molecule has 0 radical (unpaired) electrons. The monoisotopic (exact) mass is 354 g/mol. The second-order valence-electron chi connectivity index (χ2n) is 6.57. The lowest BCUT2D eigenvalue weighted by Gasteiger charge is -2.32. The predicted molar refractivity (Wildman–Crippen MR) is 96.7 cm³/mol. The van der Waals surface area contributed by atoms with Gasteiger partial charge in [-0.2, -0.15) is 5.10 Å². The minimum Gasteiger partial charge on any atom is -0.497 e. The van der Waals surface area contributed by atoms with E-state index in [-0.39, 0.29) is 18.0 Å². The number of carbonyl (C=O) groups is 1. The average Bonchev–Trinajstić information content (AvgIpc) is 3.25. The second kappa shape index (κ2) is 6.84. The molecule has 4 rings (SSSR count). The summed E-state index contributed by atoms with van der Waals surface area (Å²) in [4.78, 5) is 11.9. The van der Waals surface area contributed by atoms with Crippen LogP contribution in [0.2, 0.25) is 0 Å². The van der Waals surface area contributed by atoms with Gasteiger partial charge in [0.05, 0.1) is 25.4 Å². The number of furan rings is 1. The van der Waals surface area contributed by atoms with E-state index in [2.05, 4.69) is 15.7 Å². The largest absolute Gasteiger partial charge is 0.497 e. The standard InChI is InChI=1S/C19H22N4O3/c1-23-16(7-8-21-23)19-15(4-6-18(24)22-19)20-11-14-10-12-9-13(25-2)3-5-17(12)26-14/h3,5,7-10,15,19-20H,4,6,11H2,1-2H3,(H,22,24)/t15-,19-/m1/s1. The zero-order chi connectivity index (χ0) is 18.1. The van der Waals surface area contributed by atoms with Crippen molar-refractivity contribution in [3.05, 3.63) is 48.0 Å². The highest BCUT2D eigenvalue weighted by Crippen LogP contribution is 2.26. The summed E-state index contributed by atoms with van der Waals surface area (Å²) in [5, 5.41) is 11.8. The Morgan fingerprint density at radius 1 is 1.38 bits per heavy atom. The van der Waals surface area contributed by atoms with Crippen molar-refractivity contribution in [1.82, 2.24) is 20.4 Å². The Morgan fingerprint density at radius 2 is 2.27 bits per heavy atom. The number of nitrogens with one attached hydrogen (secondary N) is 2. The Labute approximate surface area is 151 Å². The van der Waals surface area contributed by atoms with Gasteiger partial charge in [-0.15, -0.1) is 0 Å². The molecular weight excluding hydrogens is 332 g/mol. The van der Waals surface area contributed by atoms with Gasteiger partial charge in [-0.25, -0.2) is 0 Å². The van der Waals surface area contributed by atoms with E-state index in [9.17, 15) is 4.79 Å². The molecule has 0 spiro atoms. The van der Waals surface area contributed by atoms with Crippen LogP contribution in [0.5, 0.6) is 5.75 Å². The highest BCUT2D eigenvalue weighted by molar-refractivity contribution is 5.79. The van der Waals surface area contributed by atoms with E-state index in [0.717, 1.165) is 34.6 Å². The Balaban J connectivity index is 1.50. The number of rotatable bonds is 5. The van der Waals surface area contributed by atoms with E-state index in [4.69, 9.17) is 9.15 Å². The number of carbonyl (C=O) groups excluding carboxylic acids is 1. The molecule has 2 aromatic heterocycles. The summed E-state index contributed by atoms with van der Waals surface area (Å²) in [7, 11) is 3.54. The van der Waals surface area contributed by atoms with Crippen LogP contribution < -0.4 is 15.4 Å². The van der Waals surface area contributed by atoms with Crippen LogP contribution in [-0.4, -0.2) is 28.8 Å². The molecule has 0 saturated carbocycles. The molecule has 0 bridgehead atoms. The van der Waals surface area contributed by atoms with E-state index in [0.29, 0.717) is 13.0 Å². The lowest BCUT2D eigenvalue weighted by atomic mass is 9.95. The number of aromatic nitrogens is 2. The second-order valence-corrected chi connectivity index (χ2v) is 6.57. The first-order valence-electron chi connectivity index (χ1n) is 8.71. The van der Waals surface area contributed by atoms with Crippen molar-refractivity contribution in [2.24, 2.45) is 7.05 Å². The van der Waals surface area contributed by atoms with E-state index in [1.807, 2.05) is 37.4 Å². The molecule has 3 heterocycles. The zero-order valence-electron chi connectivity index (χ0n) is 14.9. The minimum atomic E-state index is -0.103. The number of piperidine rings is 1. The smallest absolute Gasteiger partial charge is 0.220 e. The number of ether oxygens (including phenoxy) is 1. The first kappa shape index (κ1) is 16.7. The van der Waals surface area contributed by atoms with Gasteiger partial charge < -0.3 is 19.8 Å². The van der Waals surface area contributed by atoms with Crippen LogP contribution >= 0.6 is 0 Å². The maximum absolute atomic E-state index is 11.9. The highest BCUT2D eigenvalue weighted by atomic mass is 16.5. The molecule has 1 aliphatic heterocycles. The van der Waals surface area contributed by atoms with Crippen LogP contribution in [0.3, 0.4) is 0 Å². The van der Waals surface area contributed by atoms with Gasteiger partial charge in [-0.3, -0.25) is 9.48 Å². The van der Waals surface area contributed by atoms with Gasteiger partial charge in [-0.05, 0) is 36.8 Å². The Hall–Kier alpha value is -2.80. The minimum absolute atomic E-state index is 0.0742. The van der Waals surface area contributed by atoms with Gasteiger partial charge in [0.15, 0.2) is 0 Å². The molecule has 26 heavy (non-hydrogen) atoms. The molecule has 7 nitrogen and oxygen atoms in total. The van der Waals surface area contributed by atoms with Crippen LogP contribution in [0.1, 0.15) is 30.3 Å². The van der Waals surface area contributed by atoms with Crippen molar-refractivity contribution in [1.29, 1.82) is 0 Å². The van der Waals surface area contributed by atoms with Gasteiger partial charge in [0.1, 0.15) is 17.1 Å². The molecule has 1 aliphatic rings. The van der Waals surface area contributed by atoms with Crippen molar-refractivity contribution in [3.8, 4) is 5.75 Å². The molecular formula is C19H22N4O3. The summed E-state index contributed by atoms with van der Waals surface area (Å²) in [5.41, 5.74) is 1.83. The van der Waals surface area contributed by atoms with E-state index in [1.165, 1.54) is 0 Å². The number of methoxy groups -OCH3 is 1. The third kappa shape index (κ3) is 3.17. The van der Waals surface area contributed by atoms with E-state index >= 15 is 0 Å². The number of aryl methyl sites for hydroxylation is 1. The van der Waals surface area contributed by atoms with Gasteiger partial charge in [0.25, 0.3) is 0 Å². The van der Waals surface area contributed by atoms with Crippen molar-refractivity contribution in [3.63, 3.8) is 0 Å². The molecule has 1 fully saturated rings. The van der Waals surface area contributed by atoms with E-state index in [1.54, 1.807) is 18.0 Å². The molecule has 3 aromatic rings. The highest BCUT2D eigenvalue weighted by Gasteiger charge is 2.31. The number of benzene rings is 1. The molecule has 136 valence electrons. The molecule has 1 saturated heterocycles. The normalized spacial score (nSPS) is 20.3. The van der Waals surface area contributed by atoms with E-state index < -0.39 is 0 Å². The summed E-state index contributed by atoms with van der Waals surface area (Å²) < 4.78 is 13.0. The topological polar surface area (TPSA) is 81.3 Å². The Morgan fingerprint density at radius 3 is 3.04 bits per heavy atom. The third-order valence-electron chi connectivity index (χ3n) is 4.89. The summed E-state index contributed by atoms with van der Waals surface area (Å²) in [6.07, 6.45) is 3.04. The van der Waals surface area contributed by atoms with Gasteiger partial charge in [0.2, 0.25) is 5.91 Å². The number of amides is 1. The van der Waals surface area contributed by atoms with Gasteiger partial charge in [-0.1, -0.05) is 0 Å². The molecule has 1 aromatic carbocycles. The molecule has 0 unspecified atom stereocenters. The van der Waals surface area contributed by atoms with Crippen LogP contribution in [0.25, 0.3) is 11.0 Å². The number of hydrogen-bond donors (Lipinski definition) is 2. The number of hydrogen-bond acceptors (Lipinski definition) is 5. The van der Waals surface area contributed by atoms with Gasteiger partial charge >= 0.3 is 0 Å². The fourth-order valence-corrected chi connectivity index (χ4v) is 3.51. The third-order valence-corrected chi connectivity index (χ3v) is 4.89. The summed E-state index contributed by atoms with van der Waals surface area (Å²) in [6, 6.07) is 9.74. The zero-order valence-corrected chi connectivity index (χ0v) is 14.9.